The van der Waals surface area contributed by atoms with Crippen LogP contribution in [0.2, 0.25) is 0 Å². The average Bonchev–Trinajstić information content (AvgIpc) is 2.88. The Hall–Kier alpha value is -1.71. The molecule has 0 saturated carbocycles. The molecule has 1 aromatic carbocycles. The van der Waals surface area contributed by atoms with Crippen LogP contribution in [-0.2, 0) is 0 Å². The van der Waals surface area contributed by atoms with E-state index >= 15 is 0 Å². The highest BCUT2D eigenvalue weighted by Crippen LogP contribution is 2.30. The molecular weight excluding hydrogens is 252 g/mol. The van der Waals surface area contributed by atoms with Crippen LogP contribution >= 0.6 is 0 Å². The van der Waals surface area contributed by atoms with Crippen molar-refractivity contribution in [3.63, 3.8) is 0 Å². The largest absolute Gasteiger partial charge is 0.493 e. The van der Waals surface area contributed by atoms with Gasteiger partial charge in [0.2, 0.25) is 0 Å². The van der Waals surface area contributed by atoms with Gasteiger partial charge in [-0.1, -0.05) is 19.9 Å². The standard InChI is InChI=1S/C16H24N2O2/c1-4-20-14-7-5-6-13(17)15(14)16(19)18-9-8-12(10-18)11(2)3/h5-7,11-12H,4,8-10,17H2,1-3H3. The summed E-state index contributed by atoms with van der Waals surface area (Å²) in [5.41, 5.74) is 6.99. The van der Waals surface area contributed by atoms with E-state index < -0.39 is 0 Å². The third-order valence-corrected chi connectivity index (χ3v) is 4.03. The number of likely N-dealkylation sites (tertiary alicyclic amines) is 1. The van der Waals surface area contributed by atoms with Gasteiger partial charge in [-0.25, -0.2) is 0 Å². The minimum Gasteiger partial charge on any atom is -0.493 e. The van der Waals surface area contributed by atoms with Gasteiger partial charge in [-0.3, -0.25) is 4.79 Å². The van der Waals surface area contributed by atoms with Crippen molar-refractivity contribution in [1.82, 2.24) is 4.90 Å². The predicted molar refractivity (Wildman–Crippen MR) is 80.9 cm³/mol. The zero-order valence-corrected chi connectivity index (χ0v) is 12.6. The number of nitrogens with zero attached hydrogens (tertiary/aromatic N) is 1. The Morgan fingerprint density at radius 2 is 2.25 bits per heavy atom. The lowest BCUT2D eigenvalue weighted by molar-refractivity contribution is 0.0781. The molecule has 0 radical (unpaired) electrons. The number of carbonyl (C=O) groups is 1. The quantitative estimate of drug-likeness (QED) is 0.860. The smallest absolute Gasteiger partial charge is 0.259 e. The Morgan fingerprint density at radius 3 is 2.85 bits per heavy atom. The van der Waals surface area contributed by atoms with Crippen LogP contribution in [0.15, 0.2) is 18.2 Å². The van der Waals surface area contributed by atoms with Crippen molar-refractivity contribution >= 4 is 11.6 Å². The van der Waals surface area contributed by atoms with E-state index in [9.17, 15) is 4.79 Å². The summed E-state index contributed by atoms with van der Waals surface area (Å²) in [4.78, 5) is 14.6. The lowest BCUT2D eigenvalue weighted by Crippen LogP contribution is -2.30. The molecule has 0 spiro atoms. The van der Waals surface area contributed by atoms with Gasteiger partial charge in [0.05, 0.1) is 6.61 Å². The van der Waals surface area contributed by atoms with Gasteiger partial charge in [-0.2, -0.15) is 0 Å². The zero-order chi connectivity index (χ0) is 14.7. The van der Waals surface area contributed by atoms with E-state index in [4.69, 9.17) is 10.5 Å². The third-order valence-electron chi connectivity index (χ3n) is 4.03. The van der Waals surface area contributed by atoms with Crippen LogP contribution in [0.4, 0.5) is 5.69 Å². The number of hydrogen-bond acceptors (Lipinski definition) is 3. The Kier molecular flexibility index (Phi) is 4.53. The summed E-state index contributed by atoms with van der Waals surface area (Å²) in [6.45, 7) is 8.47. The highest BCUT2D eigenvalue weighted by Gasteiger charge is 2.30. The van der Waals surface area contributed by atoms with Crippen LogP contribution in [0, 0.1) is 11.8 Å². The number of rotatable bonds is 4. The Bertz CT molecular complexity index is 485. The van der Waals surface area contributed by atoms with Crippen molar-refractivity contribution < 1.29 is 9.53 Å². The van der Waals surface area contributed by atoms with Crippen molar-refractivity contribution in [2.45, 2.75) is 27.2 Å². The molecule has 1 aromatic rings. The van der Waals surface area contributed by atoms with E-state index in [1.54, 1.807) is 6.07 Å². The van der Waals surface area contributed by atoms with Gasteiger partial charge >= 0.3 is 0 Å². The van der Waals surface area contributed by atoms with Crippen molar-refractivity contribution in [3.05, 3.63) is 23.8 Å². The average molecular weight is 276 g/mol. The fourth-order valence-corrected chi connectivity index (χ4v) is 2.73. The number of amides is 1. The molecule has 2 N–H and O–H groups in total. The van der Waals surface area contributed by atoms with E-state index in [2.05, 4.69) is 13.8 Å². The Morgan fingerprint density at radius 1 is 1.50 bits per heavy atom. The maximum Gasteiger partial charge on any atom is 0.259 e. The van der Waals surface area contributed by atoms with Crippen molar-refractivity contribution in [2.24, 2.45) is 11.8 Å². The van der Waals surface area contributed by atoms with Crippen molar-refractivity contribution in [3.8, 4) is 5.75 Å². The molecule has 0 aliphatic carbocycles. The van der Waals surface area contributed by atoms with Crippen molar-refractivity contribution in [1.29, 1.82) is 0 Å². The molecule has 1 atom stereocenters. The van der Waals surface area contributed by atoms with Crippen molar-refractivity contribution in [2.75, 3.05) is 25.4 Å². The van der Waals surface area contributed by atoms with Crippen LogP contribution in [0.25, 0.3) is 0 Å². The van der Waals surface area contributed by atoms with Gasteiger partial charge in [0, 0.05) is 18.8 Å². The van der Waals surface area contributed by atoms with Crippen LogP contribution < -0.4 is 10.5 Å². The van der Waals surface area contributed by atoms with Gasteiger partial charge < -0.3 is 15.4 Å². The maximum absolute atomic E-state index is 12.7. The topological polar surface area (TPSA) is 55.6 Å². The molecule has 1 heterocycles. The summed E-state index contributed by atoms with van der Waals surface area (Å²) in [6, 6.07) is 5.38. The van der Waals surface area contributed by atoms with Gasteiger partial charge in [0.1, 0.15) is 11.3 Å². The summed E-state index contributed by atoms with van der Waals surface area (Å²) in [7, 11) is 0. The first-order chi connectivity index (χ1) is 9.54. The van der Waals surface area contributed by atoms with Gasteiger partial charge in [-0.15, -0.1) is 0 Å². The number of benzene rings is 1. The first kappa shape index (κ1) is 14.7. The van der Waals surface area contributed by atoms with Gasteiger partial charge in [0.25, 0.3) is 5.91 Å². The number of anilines is 1. The van der Waals surface area contributed by atoms with Gasteiger partial charge in [-0.05, 0) is 37.3 Å². The fraction of sp³-hybridized carbons (Fsp3) is 0.562. The van der Waals surface area contributed by atoms with Gasteiger partial charge in [0.15, 0.2) is 0 Å². The van der Waals surface area contributed by atoms with Crippen LogP contribution in [0.1, 0.15) is 37.6 Å². The molecule has 20 heavy (non-hydrogen) atoms. The summed E-state index contributed by atoms with van der Waals surface area (Å²) < 4.78 is 5.55. The highest BCUT2D eigenvalue weighted by atomic mass is 16.5. The predicted octanol–water partition coefficient (Wildman–Crippen LogP) is 2.79. The third kappa shape index (κ3) is 2.89. The van der Waals surface area contributed by atoms with E-state index in [0.717, 1.165) is 19.5 Å². The minimum absolute atomic E-state index is 0.00491. The molecule has 110 valence electrons. The molecule has 2 rings (SSSR count). The molecule has 1 saturated heterocycles. The first-order valence-electron chi connectivity index (χ1n) is 7.35. The second kappa shape index (κ2) is 6.16. The maximum atomic E-state index is 12.7. The van der Waals surface area contributed by atoms with E-state index in [0.29, 0.717) is 35.4 Å². The summed E-state index contributed by atoms with van der Waals surface area (Å²) in [5.74, 6) is 1.77. The molecule has 1 aliphatic rings. The number of carbonyl (C=O) groups excluding carboxylic acids is 1. The fourth-order valence-electron chi connectivity index (χ4n) is 2.73. The van der Waals surface area contributed by atoms with Crippen LogP contribution in [0.3, 0.4) is 0 Å². The molecule has 1 unspecified atom stereocenters. The summed E-state index contributed by atoms with van der Waals surface area (Å²) in [6.07, 6.45) is 1.07. The number of ether oxygens (including phenoxy) is 1. The molecule has 0 bridgehead atoms. The van der Waals surface area contributed by atoms with Crippen LogP contribution in [-0.4, -0.2) is 30.5 Å². The number of nitrogen functional groups attached to an aromatic ring is 1. The SMILES string of the molecule is CCOc1cccc(N)c1C(=O)N1CCC(C(C)C)C1. The van der Waals surface area contributed by atoms with E-state index in [1.165, 1.54) is 0 Å². The normalized spacial score (nSPS) is 18.6. The summed E-state index contributed by atoms with van der Waals surface area (Å²) in [5, 5.41) is 0. The lowest BCUT2D eigenvalue weighted by atomic mass is 9.95. The zero-order valence-electron chi connectivity index (χ0n) is 12.6. The number of hydrogen-bond donors (Lipinski definition) is 1. The molecule has 1 amide bonds. The second-order valence-corrected chi connectivity index (χ2v) is 5.70. The molecule has 1 aliphatic heterocycles. The van der Waals surface area contributed by atoms with Crippen LogP contribution in [0.5, 0.6) is 5.75 Å². The molecule has 4 heteroatoms. The highest BCUT2D eigenvalue weighted by molar-refractivity contribution is 6.02. The van der Waals surface area contributed by atoms with E-state index in [1.807, 2.05) is 24.0 Å². The molecular formula is C16H24N2O2. The molecule has 1 fully saturated rings. The summed E-state index contributed by atoms with van der Waals surface area (Å²) >= 11 is 0. The Labute approximate surface area is 120 Å². The lowest BCUT2D eigenvalue weighted by Gasteiger charge is -2.20. The first-order valence-corrected chi connectivity index (χ1v) is 7.35. The Balaban J connectivity index is 2.21. The van der Waals surface area contributed by atoms with E-state index in [-0.39, 0.29) is 5.91 Å². The number of nitrogens with two attached hydrogens (primary N) is 1. The second-order valence-electron chi connectivity index (χ2n) is 5.70. The monoisotopic (exact) mass is 276 g/mol. The molecule has 0 aromatic heterocycles. The molecule has 4 nitrogen and oxygen atoms in total. The minimum atomic E-state index is -0.00491.